The molecule has 6 nitrogen and oxygen atoms in total. The molecule has 30 heavy (non-hydrogen) atoms. The van der Waals surface area contributed by atoms with Crippen molar-refractivity contribution in [2.75, 3.05) is 13.1 Å². The van der Waals surface area contributed by atoms with E-state index in [-0.39, 0.29) is 5.91 Å². The Balaban J connectivity index is 1.55. The van der Waals surface area contributed by atoms with Crippen molar-refractivity contribution in [3.05, 3.63) is 51.1 Å². The van der Waals surface area contributed by atoms with Crippen molar-refractivity contribution in [2.45, 2.75) is 65.5 Å². The molecule has 3 aromatic rings. The summed E-state index contributed by atoms with van der Waals surface area (Å²) < 4.78 is 1.98. The van der Waals surface area contributed by atoms with Crippen LogP contribution in [0.25, 0.3) is 5.65 Å². The molecule has 0 saturated carbocycles. The van der Waals surface area contributed by atoms with Gasteiger partial charge < -0.3 is 5.32 Å². The zero-order valence-corrected chi connectivity index (χ0v) is 19.0. The summed E-state index contributed by atoms with van der Waals surface area (Å²) >= 11 is 1.82. The lowest BCUT2D eigenvalue weighted by atomic mass is 10.1. The number of nitrogens with zero attached hydrogens (tertiary/aromatic N) is 4. The van der Waals surface area contributed by atoms with Crippen molar-refractivity contribution in [3.63, 3.8) is 0 Å². The molecule has 0 aromatic carbocycles. The van der Waals surface area contributed by atoms with Crippen molar-refractivity contribution in [1.29, 1.82) is 0 Å². The first-order valence-electron chi connectivity index (χ1n) is 11.0. The zero-order valence-electron chi connectivity index (χ0n) is 18.1. The maximum absolute atomic E-state index is 12.0. The van der Waals surface area contributed by atoms with Crippen LogP contribution in [0, 0.1) is 13.8 Å². The van der Waals surface area contributed by atoms with Crippen LogP contribution in [0.2, 0.25) is 0 Å². The minimum atomic E-state index is 0.104. The summed E-state index contributed by atoms with van der Waals surface area (Å²) in [5.74, 6) is 0.104. The van der Waals surface area contributed by atoms with Gasteiger partial charge >= 0.3 is 0 Å². The summed E-state index contributed by atoms with van der Waals surface area (Å²) in [7, 11) is 0. The van der Waals surface area contributed by atoms with Gasteiger partial charge in [0.15, 0.2) is 5.65 Å². The lowest BCUT2D eigenvalue weighted by Gasteiger charge is -2.22. The molecule has 1 N–H and O–H groups in total. The van der Waals surface area contributed by atoms with Crippen molar-refractivity contribution in [2.24, 2.45) is 0 Å². The monoisotopic (exact) mass is 425 g/mol. The summed E-state index contributed by atoms with van der Waals surface area (Å²) in [4.78, 5) is 20.8. The second-order valence-corrected chi connectivity index (χ2v) is 9.19. The number of fused-ring (bicyclic) bond motifs is 1. The van der Waals surface area contributed by atoms with Crippen LogP contribution >= 0.6 is 11.3 Å². The fourth-order valence-electron chi connectivity index (χ4n) is 4.41. The minimum Gasteiger partial charge on any atom is -0.356 e. The maximum atomic E-state index is 12.0. The largest absolute Gasteiger partial charge is 0.356 e. The first kappa shape index (κ1) is 21.0. The van der Waals surface area contributed by atoms with Crippen LogP contribution < -0.4 is 5.32 Å². The van der Waals surface area contributed by atoms with Gasteiger partial charge in [-0.2, -0.15) is 5.10 Å². The first-order chi connectivity index (χ1) is 14.6. The van der Waals surface area contributed by atoms with Gasteiger partial charge in [-0.25, -0.2) is 9.50 Å². The molecule has 4 heterocycles. The van der Waals surface area contributed by atoms with Gasteiger partial charge in [-0.15, -0.1) is 11.3 Å². The Kier molecular flexibility index (Phi) is 6.49. The van der Waals surface area contributed by atoms with Crippen LogP contribution in [0.15, 0.2) is 23.6 Å². The van der Waals surface area contributed by atoms with E-state index in [1.54, 1.807) is 0 Å². The van der Waals surface area contributed by atoms with Gasteiger partial charge in [0.2, 0.25) is 5.91 Å². The topological polar surface area (TPSA) is 62.5 Å². The summed E-state index contributed by atoms with van der Waals surface area (Å²) in [5, 5.41) is 10.1. The standard InChI is InChI=1S/C23H31N5OS/c1-4-11-24-23(29)10-9-19-16(2)25-22-14-20(26-28(22)17(19)3)21-8-5-12-27(21)15-18-7-6-13-30-18/h6-7,13-14,21H,4-5,8-12,15H2,1-3H3,(H,24,29)/t21-/m1/s1. The molecule has 1 aliphatic rings. The van der Waals surface area contributed by atoms with Crippen molar-refractivity contribution < 1.29 is 4.79 Å². The SMILES string of the molecule is CCCNC(=O)CCc1c(C)nc2cc([C@H]3CCCN3Cc3cccs3)nn2c1C. The molecule has 0 spiro atoms. The van der Waals surface area contributed by atoms with E-state index >= 15 is 0 Å². The number of amides is 1. The lowest BCUT2D eigenvalue weighted by molar-refractivity contribution is -0.121. The number of carbonyl (C=O) groups excluding carboxylic acids is 1. The zero-order chi connectivity index (χ0) is 21.1. The summed E-state index contributed by atoms with van der Waals surface area (Å²) in [6, 6.07) is 6.82. The Morgan fingerprint density at radius 3 is 3.00 bits per heavy atom. The number of aryl methyl sites for hydroxylation is 2. The quantitative estimate of drug-likeness (QED) is 0.587. The van der Waals surface area contributed by atoms with Gasteiger partial charge in [0.1, 0.15) is 0 Å². The molecule has 0 unspecified atom stereocenters. The van der Waals surface area contributed by atoms with Crippen LogP contribution in [-0.2, 0) is 17.8 Å². The third kappa shape index (κ3) is 4.42. The van der Waals surface area contributed by atoms with Gasteiger partial charge in [-0.1, -0.05) is 13.0 Å². The number of likely N-dealkylation sites (tertiary alicyclic amines) is 1. The predicted molar refractivity (Wildman–Crippen MR) is 121 cm³/mol. The van der Waals surface area contributed by atoms with E-state index in [0.29, 0.717) is 18.9 Å². The van der Waals surface area contributed by atoms with E-state index in [1.165, 1.54) is 11.3 Å². The number of nitrogens with one attached hydrogen (secondary N) is 1. The first-order valence-corrected chi connectivity index (χ1v) is 11.8. The molecule has 160 valence electrons. The molecule has 0 aliphatic carbocycles. The molecule has 0 bridgehead atoms. The number of rotatable bonds is 8. The maximum Gasteiger partial charge on any atom is 0.220 e. The molecule has 7 heteroatoms. The molecule has 1 atom stereocenters. The summed E-state index contributed by atoms with van der Waals surface area (Å²) in [6.07, 6.45) is 4.47. The van der Waals surface area contributed by atoms with E-state index in [1.807, 2.05) is 22.8 Å². The average molecular weight is 426 g/mol. The van der Waals surface area contributed by atoms with Gasteiger partial charge in [0.05, 0.1) is 11.7 Å². The van der Waals surface area contributed by atoms with Gasteiger partial charge in [0, 0.05) is 41.8 Å². The molecule has 4 rings (SSSR count). The van der Waals surface area contributed by atoms with Crippen LogP contribution in [-0.4, -0.2) is 38.5 Å². The molecule has 1 aliphatic heterocycles. The molecular weight excluding hydrogens is 394 g/mol. The fourth-order valence-corrected chi connectivity index (χ4v) is 5.14. The van der Waals surface area contributed by atoms with Crippen molar-refractivity contribution in [3.8, 4) is 0 Å². The third-order valence-corrected chi connectivity index (χ3v) is 6.86. The molecule has 3 aromatic heterocycles. The Morgan fingerprint density at radius 2 is 2.23 bits per heavy atom. The van der Waals surface area contributed by atoms with Crippen molar-refractivity contribution >= 4 is 22.9 Å². The van der Waals surface area contributed by atoms with Crippen molar-refractivity contribution in [1.82, 2.24) is 24.8 Å². The number of hydrogen-bond donors (Lipinski definition) is 1. The number of aromatic nitrogens is 3. The highest BCUT2D eigenvalue weighted by molar-refractivity contribution is 7.09. The summed E-state index contributed by atoms with van der Waals surface area (Å²) in [5.41, 5.74) is 5.23. The van der Waals surface area contributed by atoms with E-state index in [0.717, 1.165) is 60.8 Å². The Labute approximate surface area is 182 Å². The van der Waals surface area contributed by atoms with E-state index in [9.17, 15) is 4.79 Å². The number of thiophene rings is 1. The average Bonchev–Trinajstić information content (AvgIpc) is 3.47. The molecular formula is C23H31N5OS. The summed E-state index contributed by atoms with van der Waals surface area (Å²) in [6.45, 7) is 9.03. The molecule has 1 saturated heterocycles. The fraction of sp³-hybridized carbons (Fsp3) is 0.522. The highest BCUT2D eigenvalue weighted by Crippen LogP contribution is 2.33. The number of carbonyl (C=O) groups is 1. The van der Waals surface area contributed by atoms with Gasteiger partial charge in [0.25, 0.3) is 0 Å². The van der Waals surface area contributed by atoms with E-state index in [4.69, 9.17) is 10.1 Å². The van der Waals surface area contributed by atoms with E-state index in [2.05, 4.69) is 47.6 Å². The van der Waals surface area contributed by atoms with Crippen LogP contribution in [0.4, 0.5) is 0 Å². The molecule has 1 amide bonds. The molecule has 1 fully saturated rings. The second kappa shape index (κ2) is 9.27. The highest BCUT2D eigenvalue weighted by atomic mass is 32.1. The van der Waals surface area contributed by atoms with Crippen LogP contribution in [0.1, 0.15) is 66.2 Å². The minimum absolute atomic E-state index is 0.104. The van der Waals surface area contributed by atoms with Crippen LogP contribution in [0.3, 0.4) is 0 Å². The van der Waals surface area contributed by atoms with Gasteiger partial charge in [-0.3, -0.25) is 9.69 Å². The van der Waals surface area contributed by atoms with E-state index < -0.39 is 0 Å². The van der Waals surface area contributed by atoms with Gasteiger partial charge in [-0.05, 0) is 63.1 Å². The Hall–Kier alpha value is -2.25. The third-order valence-electron chi connectivity index (χ3n) is 6.00. The smallest absolute Gasteiger partial charge is 0.220 e. The number of hydrogen-bond acceptors (Lipinski definition) is 5. The van der Waals surface area contributed by atoms with Crippen LogP contribution in [0.5, 0.6) is 0 Å². The highest BCUT2D eigenvalue weighted by Gasteiger charge is 2.29. The molecule has 0 radical (unpaired) electrons. The predicted octanol–water partition coefficient (Wildman–Crippen LogP) is 4.20. The normalized spacial score (nSPS) is 17.1. The Morgan fingerprint density at radius 1 is 1.37 bits per heavy atom. The Bertz CT molecular complexity index is 1010. The lowest BCUT2D eigenvalue weighted by Crippen LogP contribution is -2.24. The second-order valence-electron chi connectivity index (χ2n) is 8.16.